The van der Waals surface area contributed by atoms with Gasteiger partial charge in [-0.25, -0.2) is 0 Å². The van der Waals surface area contributed by atoms with Crippen molar-refractivity contribution in [2.45, 2.75) is 63.6 Å². The van der Waals surface area contributed by atoms with Gasteiger partial charge in [-0.3, -0.25) is 0 Å². The van der Waals surface area contributed by atoms with Crippen LogP contribution in [0.15, 0.2) is 18.2 Å². The largest absolute Gasteiger partial charge is 0.489 e. The van der Waals surface area contributed by atoms with Crippen LogP contribution in [0.4, 0.5) is 0 Å². The minimum Gasteiger partial charge on any atom is -0.489 e. The molecule has 0 N–H and O–H groups in total. The molecule has 2 fully saturated rings. The third-order valence-corrected chi connectivity index (χ3v) is 5.18. The van der Waals surface area contributed by atoms with Crippen molar-refractivity contribution < 1.29 is 9.47 Å². The van der Waals surface area contributed by atoms with Crippen LogP contribution >= 0.6 is 22.6 Å². The first-order valence-corrected chi connectivity index (χ1v) is 8.52. The minimum absolute atomic E-state index is 0.412. The number of benzene rings is 1. The van der Waals surface area contributed by atoms with Gasteiger partial charge in [0.1, 0.15) is 11.5 Å². The van der Waals surface area contributed by atoms with E-state index in [0.29, 0.717) is 12.2 Å². The Morgan fingerprint density at radius 2 is 1.21 bits per heavy atom. The smallest absolute Gasteiger partial charge is 0.136 e. The quantitative estimate of drug-likeness (QED) is 0.698. The number of halogens is 1. The molecule has 1 aromatic rings. The second-order valence-electron chi connectivity index (χ2n) is 5.62. The summed E-state index contributed by atoms with van der Waals surface area (Å²) >= 11 is 2.36. The molecule has 3 heteroatoms. The molecule has 0 unspecified atom stereocenters. The SMILES string of the molecule is Ic1c(OC2CCCC2)cccc1OC1CCCC1. The lowest BCUT2D eigenvalue weighted by Gasteiger charge is -2.18. The molecule has 0 spiro atoms. The molecular weight excluding hydrogens is 351 g/mol. The van der Waals surface area contributed by atoms with Crippen LogP contribution in [0, 0.1) is 3.57 Å². The first-order valence-electron chi connectivity index (χ1n) is 7.45. The number of hydrogen-bond donors (Lipinski definition) is 0. The average molecular weight is 372 g/mol. The Morgan fingerprint density at radius 3 is 1.63 bits per heavy atom. The van der Waals surface area contributed by atoms with Crippen molar-refractivity contribution in [1.82, 2.24) is 0 Å². The molecule has 2 saturated carbocycles. The number of hydrogen-bond acceptors (Lipinski definition) is 2. The van der Waals surface area contributed by atoms with Crippen molar-refractivity contribution in [3.8, 4) is 11.5 Å². The van der Waals surface area contributed by atoms with E-state index in [1.807, 2.05) is 0 Å². The topological polar surface area (TPSA) is 18.5 Å². The van der Waals surface area contributed by atoms with Gasteiger partial charge in [-0.05, 0) is 86.1 Å². The summed E-state index contributed by atoms with van der Waals surface area (Å²) in [5, 5.41) is 0. The maximum atomic E-state index is 6.12. The zero-order chi connectivity index (χ0) is 13.1. The monoisotopic (exact) mass is 372 g/mol. The summed E-state index contributed by atoms with van der Waals surface area (Å²) < 4.78 is 13.4. The van der Waals surface area contributed by atoms with Gasteiger partial charge < -0.3 is 9.47 Å². The van der Waals surface area contributed by atoms with Crippen LogP contribution in [0.3, 0.4) is 0 Å². The fraction of sp³-hybridized carbons (Fsp3) is 0.625. The number of ether oxygens (including phenoxy) is 2. The molecular formula is C16H21IO2. The second kappa shape index (κ2) is 6.33. The van der Waals surface area contributed by atoms with E-state index < -0.39 is 0 Å². The molecule has 2 nitrogen and oxygen atoms in total. The third kappa shape index (κ3) is 3.36. The van der Waals surface area contributed by atoms with Gasteiger partial charge in [0.25, 0.3) is 0 Å². The molecule has 0 amide bonds. The van der Waals surface area contributed by atoms with Gasteiger partial charge in [0.05, 0.1) is 15.8 Å². The second-order valence-corrected chi connectivity index (χ2v) is 6.70. The maximum absolute atomic E-state index is 6.12. The van der Waals surface area contributed by atoms with Gasteiger partial charge in [0.2, 0.25) is 0 Å². The van der Waals surface area contributed by atoms with Crippen LogP contribution in [0.25, 0.3) is 0 Å². The Morgan fingerprint density at radius 1 is 0.789 bits per heavy atom. The van der Waals surface area contributed by atoms with E-state index in [-0.39, 0.29) is 0 Å². The Labute approximate surface area is 129 Å². The summed E-state index contributed by atoms with van der Waals surface area (Å²) in [4.78, 5) is 0. The molecule has 0 atom stereocenters. The van der Waals surface area contributed by atoms with Crippen molar-refractivity contribution in [2.75, 3.05) is 0 Å². The van der Waals surface area contributed by atoms with E-state index in [2.05, 4.69) is 40.8 Å². The Balaban J connectivity index is 1.69. The molecule has 2 aliphatic rings. The Bertz CT molecular complexity index is 385. The highest BCUT2D eigenvalue weighted by Gasteiger charge is 2.21. The van der Waals surface area contributed by atoms with E-state index in [9.17, 15) is 0 Å². The lowest BCUT2D eigenvalue weighted by Crippen LogP contribution is -2.14. The van der Waals surface area contributed by atoms with Crippen molar-refractivity contribution in [3.63, 3.8) is 0 Å². The normalized spacial score (nSPS) is 20.9. The summed E-state index contributed by atoms with van der Waals surface area (Å²) in [7, 11) is 0. The summed E-state index contributed by atoms with van der Waals surface area (Å²) in [5.74, 6) is 2.01. The molecule has 0 aliphatic heterocycles. The number of rotatable bonds is 4. The fourth-order valence-electron chi connectivity index (χ4n) is 3.04. The molecule has 3 rings (SSSR count). The highest BCUT2D eigenvalue weighted by molar-refractivity contribution is 14.1. The van der Waals surface area contributed by atoms with E-state index in [4.69, 9.17) is 9.47 Å². The molecule has 0 saturated heterocycles. The van der Waals surface area contributed by atoms with Crippen LogP contribution < -0.4 is 9.47 Å². The molecule has 0 aromatic heterocycles. The van der Waals surface area contributed by atoms with E-state index in [0.717, 1.165) is 15.1 Å². The zero-order valence-electron chi connectivity index (χ0n) is 11.2. The van der Waals surface area contributed by atoms with Crippen molar-refractivity contribution in [3.05, 3.63) is 21.8 Å². The molecule has 104 valence electrons. The third-order valence-electron chi connectivity index (χ3n) is 4.12. The summed E-state index contributed by atoms with van der Waals surface area (Å²) in [6.07, 6.45) is 10.8. The van der Waals surface area contributed by atoms with Crippen molar-refractivity contribution in [1.29, 1.82) is 0 Å². The Kier molecular flexibility index (Phi) is 4.51. The molecule has 0 heterocycles. The summed E-state index contributed by atoms with van der Waals surface area (Å²) in [6, 6.07) is 6.19. The van der Waals surface area contributed by atoms with Gasteiger partial charge in [0, 0.05) is 0 Å². The highest BCUT2D eigenvalue weighted by atomic mass is 127. The molecule has 1 aromatic carbocycles. The molecule has 0 radical (unpaired) electrons. The lowest BCUT2D eigenvalue weighted by atomic mass is 10.2. The van der Waals surface area contributed by atoms with Gasteiger partial charge >= 0.3 is 0 Å². The highest BCUT2D eigenvalue weighted by Crippen LogP contribution is 2.35. The maximum Gasteiger partial charge on any atom is 0.136 e. The van der Waals surface area contributed by atoms with Gasteiger partial charge in [-0.1, -0.05) is 6.07 Å². The van der Waals surface area contributed by atoms with Crippen LogP contribution in [-0.4, -0.2) is 12.2 Å². The fourth-order valence-corrected chi connectivity index (χ4v) is 3.66. The van der Waals surface area contributed by atoms with Crippen molar-refractivity contribution in [2.24, 2.45) is 0 Å². The lowest BCUT2D eigenvalue weighted by molar-refractivity contribution is 0.195. The van der Waals surface area contributed by atoms with Crippen LogP contribution in [-0.2, 0) is 0 Å². The van der Waals surface area contributed by atoms with E-state index in [1.165, 1.54) is 51.4 Å². The molecule has 19 heavy (non-hydrogen) atoms. The molecule has 0 bridgehead atoms. The zero-order valence-corrected chi connectivity index (χ0v) is 13.4. The standard InChI is InChI=1S/C16H21IO2/c17-16-14(18-12-6-1-2-7-12)10-5-11-15(16)19-13-8-3-4-9-13/h5,10-13H,1-4,6-9H2. The van der Waals surface area contributed by atoms with Crippen LogP contribution in [0.5, 0.6) is 11.5 Å². The average Bonchev–Trinajstić information content (AvgIpc) is 3.07. The Hall–Kier alpha value is -0.450. The molecule has 2 aliphatic carbocycles. The van der Waals surface area contributed by atoms with Crippen molar-refractivity contribution >= 4 is 22.6 Å². The summed E-state index contributed by atoms with van der Waals surface area (Å²) in [5.41, 5.74) is 0. The van der Waals surface area contributed by atoms with Gasteiger partial charge in [-0.15, -0.1) is 0 Å². The van der Waals surface area contributed by atoms with E-state index >= 15 is 0 Å². The minimum atomic E-state index is 0.412. The predicted molar refractivity (Wildman–Crippen MR) is 84.9 cm³/mol. The van der Waals surface area contributed by atoms with Gasteiger partial charge in [-0.2, -0.15) is 0 Å². The van der Waals surface area contributed by atoms with E-state index in [1.54, 1.807) is 0 Å². The predicted octanol–water partition coefficient (Wildman–Crippen LogP) is 4.93. The summed E-state index contributed by atoms with van der Waals surface area (Å²) in [6.45, 7) is 0. The van der Waals surface area contributed by atoms with Crippen LogP contribution in [0.2, 0.25) is 0 Å². The first kappa shape index (κ1) is 13.5. The van der Waals surface area contributed by atoms with Crippen LogP contribution in [0.1, 0.15) is 51.4 Å². The van der Waals surface area contributed by atoms with Gasteiger partial charge in [0.15, 0.2) is 0 Å². The first-order chi connectivity index (χ1) is 9.33.